The fraction of sp³-hybridized carbons (Fsp3) is 0.500. The van der Waals surface area contributed by atoms with E-state index < -0.39 is 47.0 Å². The lowest BCUT2D eigenvalue weighted by Crippen LogP contribution is -2.56. The van der Waals surface area contributed by atoms with E-state index in [-0.39, 0.29) is 6.42 Å². The van der Waals surface area contributed by atoms with E-state index in [2.05, 4.69) is 0 Å². The van der Waals surface area contributed by atoms with Crippen molar-refractivity contribution < 1.29 is 36.2 Å². The molecule has 0 saturated carbocycles. The first-order chi connectivity index (χ1) is 8.14. The maximum Gasteiger partial charge on any atom is 0.352 e. The molecule has 0 radical (unpaired) electrons. The molecule has 0 aromatic carbocycles. The molecule has 8 heteroatoms. The lowest BCUT2D eigenvalue weighted by atomic mass is 9.77. The van der Waals surface area contributed by atoms with Crippen LogP contribution >= 0.6 is 0 Å². The molecule has 0 spiro atoms. The van der Waals surface area contributed by atoms with Crippen LogP contribution in [0.3, 0.4) is 0 Å². The normalized spacial score (nSPS) is 33.1. The second-order valence-electron chi connectivity index (χ2n) is 3.77. The van der Waals surface area contributed by atoms with Crippen LogP contribution in [0.2, 0.25) is 0 Å². The summed E-state index contributed by atoms with van der Waals surface area (Å²) in [6.07, 6.45) is -1.47. The SMILES string of the molecule is CCCC1(F)C(F)=C(F)C(F)=C(F)C1(F)C(=O)O. The molecule has 0 heterocycles. The van der Waals surface area contributed by atoms with Crippen LogP contribution in [-0.4, -0.2) is 22.4 Å². The van der Waals surface area contributed by atoms with E-state index in [4.69, 9.17) is 5.11 Å². The van der Waals surface area contributed by atoms with Crippen molar-refractivity contribution >= 4 is 5.97 Å². The van der Waals surface area contributed by atoms with Gasteiger partial charge in [-0.1, -0.05) is 13.3 Å². The van der Waals surface area contributed by atoms with Gasteiger partial charge < -0.3 is 5.11 Å². The molecule has 0 aromatic heterocycles. The molecule has 0 fully saturated rings. The van der Waals surface area contributed by atoms with Crippen molar-refractivity contribution in [1.29, 1.82) is 0 Å². The number of allylic oxidation sites excluding steroid dienone is 3. The van der Waals surface area contributed by atoms with Gasteiger partial charge in [0, 0.05) is 0 Å². The van der Waals surface area contributed by atoms with E-state index in [1.54, 1.807) is 0 Å². The maximum atomic E-state index is 14.1. The summed E-state index contributed by atoms with van der Waals surface area (Å²) < 4.78 is 80.1. The molecule has 1 rings (SSSR count). The molecule has 2 unspecified atom stereocenters. The van der Waals surface area contributed by atoms with Crippen molar-refractivity contribution in [3.05, 3.63) is 23.3 Å². The van der Waals surface area contributed by atoms with E-state index in [0.29, 0.717) is 0 Å². The van der Waals surface area contributed by atoms with Gasteiger partial charge in [0.05, 0.1) is 0 Å². The Hall–Kier alpha value is -1.47. The van der Waals surface area contributed by atoms with Gasteiger partial charge in [-0.15, -0.1) is 0 Å². The van der Waals surface area contributed by atoms with Crippen molar-refractivity contribution in [2.75, 3.05) is 0 Å². The van der Waals surface area contributed by atoms with Crippen LogP contribution in [0, 0.1) is 0 Å². The van der Waals surface area contributed by atoms with E-state index >= 15 is 0 Å². The zero-order valence-corrected chi connectivity index (χ0v) is 9.04. The van der Waals surface area contributed by atoms with Gasteiger partial charge in [-0.3, -0.25) is 0 Å². The van der Waals surface area contributed by atoms with Gasteiger partial charge in [-0.25, -0.2) is 31.1 Å². The number of carboxylic acids is 1. The second-order valence-corrected chi connectivity index (χ2v) is 3.77. The monoisotopic (exact) mass is 274 g/mol. The summed E-state index contributed by atoms with van der Waals surface area (Å²) in [5.41, 5.74) is -8.73. The van der Waals surface area contributed by atoms with E-state index in [1.165, 1.54) is 6.92 Å². The lowest BCUT2D eigenvalue weighted by molar-refractivity contribution is -0.161. The Bertz CT molecular complexity index is 457. The Labute approximate surface area is 97.6 Å². The quantitative estimate of drug-likeness (QED) is 0.798. The highest BCUT2D eigenvalue weighted by Gasteiger charge is 2.69. The summed E-state index contributed by atoms with van der Waals surface area (Å²) in [6.45, 7) is 1.21. The van der Waals surface area contributed by atoms with E-state index in [0.717, 1.165) is 0 Å². The summed E-state index contributed by atoms with van der Waals surface area (Å²) in [4.78, 5) is 10.6. The van der Waals surface area contributed by atoms with Crippen molar-refractivity contribution in [2.45, 2.75) is 31.1 Å². The van der Waals surface area contributed by atoms with Crippen LogP contribution in [0.5, 0.6) is 0 Å². The molecule has 0 bridgehead atoms. The number of alkyl halides is 2. The fourth-order valence-electron chi connectivity index (χ4n) is 1.73. The molecule has 0 saturated heterocycles. The predicted molar refractivity (Wildman–Crippen MR) is 48.7 cm³/mol. The summed E-state index contributed by atoms with van der Waals surface area (Å²) in [5.74, 6) is -13.4. The number of hydrogen-bond acceptors (Lipinski definition) is 1. The number of rotatable bonds is 3. The Balaban J connectivity index is 3.63. The Morgan fingerprint density at radius 2 is 1.56 bits per heavy atom. The Morgan fingerprint density at radius 3 is 1.94 bits per heavy atom. The van der Waals surface area contributed by atoms with Gasteiger partial charge in [-0.05, 0) is 6.42 Å². The topological polar surface area (TPSA) is 37.3 Å². The fourth-order valence-corrected chi connectivity index (χ4v) is 1.73. The molecule has 1 aliphatic rings. The first-order valence-corrected chi connectivity index (χ1v) is 4.87. The van der Waals surface area contributed by atoms with Gasteiger partial charge in [0.2, 0.25) is 5.67 Å². The van der Waals surface area contributed by atoms with Crippen molar-refractivity contribution in [2.24, 2.45) is 0 Å². The molecule has 0 aromatic rings. The van der Waals surface area contributed by atoms with Crippen LogP contribution in [0.1, 0.15) is 19.8 Å². The summed E-state index contributed by atoms with van der Waals surface area (Å²) in [6, 6.07) is 0. The molecule has 18 heavy (non-hydrogen) atoms. The van der Waals surface area contributed by atoms with E-state index in [1.807, 2.05) is 0 Å². The van der Waals surface area contributed by atoms with Crippen LogP contribution < -0.4 is 0 Å². The molecular weight excluding hydrogens is 266 g/mol. The number of carboxylic acid groups (broad SMARTS) is 1. The molecule has 102 valence electrons. The Morgan fingerprint density at radius 1 is 1.11 bits per heavy atom. The van der Waals surface area contributed by atoms with E-state index in [9.17, 15) is 31.1 Å². The average molecular weight is 274 g/mol. The van der Waals surface area contributed by atoms with Crippen LogP contribution in [0.4, 0.5) is 26.3 Å². The molecule has 1 aliphatic carbocycles. The average Bonchev–Trinajstić information content (AvgIpc) is 2.32. The molecule has 1 N–H and O–H groups in total. The number of hydrogen-bond donors (Lipinski definition) is 1. The van der Waals surface area contributed by atoms with Gasteiger partial charge in [0.15, 0.2) is 23.3 Å². The van der Waals surface area contributed by atoms with Gasteiger partial charge in [0.1, 0.15) is 0 Å². The summed E-state index contributed by atoms with van der Waals surface area (Å²) in [7, 11) is 0. The highest BCUT2D eigenvalue weighted by atomic mass is 19.2. The van der Waals surface area contributed by atoms with Gasteiger partial charge in [-0.2, -0.15) is 0 Å². The van der Waals surface area contributed by atoms with Gasteiger partial charge in [0.25, 0.3) is 0 Å². The highest BCUT2D eigenvalue weighted by molar-refractivity contribution is 5.85. The predicted octanol–water partition coefficient (Wildman–Crippen LogP) is 3.60. The van der Waals surface area contributed by atoms with Crippen LogP contribution in [0.25, 0.3) is 0 Å². The molecule has 0 amide bonds. The smallest absolute Gasteiger partial charge is 0.352 e. The van der Waals surface area contributed by atoms with Crippen molar-refractivity contribution in [1.82, 2.24) is 0 Å². The third-order valence-corrected chi connectivity index (χ3v) is 2.66. The largest absolute Gasteiger partial charge is 0.478 e. The minimum atomic E-state index is -4.62. The molecular formula is C10H8F6O2. The maximum absolute atomic E-state index is 14.1. The third kappa shape index (κ3) is 1.54. The van der Waals surface area contributed by atoms with Crippen molar-refractivity contribution in [3.8, 4) is 0 Å². The molecule has 2 nitrogen and oxygen atoms in total. The summed E-state index contributed by atoms with van der Waals surface area (Å²) in [5, 5.41) is 8.48. The number of halogens is 6. The number of carbonyl (C=O) groups is 1. The third-order valence-electron chi connectivity index (χ3n) is 2.66. The van der Waals surface area contributed by atoms with Crippen LogP contribution in [-0.2, 0) is 4.79 Å². The van der Waals surface area contributed by atoms with Gasteiger partial charge >= 0.3 is 11.6 Å². The van der Waals surface area contributed by atoms with Crippen molar-refractivity contribution in [3.63, 3.8) is 0 Å². The molecule has 0 aliphatic heterocycles. The second kappa shape index (κ2) is 4.33. The zero-order chi connectivity index (χ0) is 14.3. The first kappa shape index (κ1) is 14.6. The standard InChI is InChI=1S/C10H8F6O2/c1-2-3-9(15)6(13)4(11)5(12)7(14)10(9,16)8(17)18/h2-3H2,1H3,(H,17,18). The lowest BCUT2D eigenvalue weighted by Gasteiger charge is -2.36. The molecule has 2 atom stereocenters. The Kier molecular flexibility index (Phi) is 3.51. The number of aliphatic carboxylic acids is 1. The minimum Gasteiger partial charge on any atom is -0.478 e. The van der Waals surface area contributed by atoms with Crippen LogP contribution in [0.15, 0.2) is 23.3 Å². The summed E-state index contributed by atoms with van der Waals surface area (Å²) >= 11 is 0. The first-order valence-electron chi connectivity index (χ1n) is 4.87. The zero-order valence-electron chi connectivity index (χ0n) is 9.04. The minimum absolute atomic E-state index is 0.314. The highest BCUT2D eigenvalue weighted by Crippen LogP contribution is 2.53.